The molecular weight excluding hydrogens is 358 g/mol. The number of hydrogen-bond acceptors (Lipinski definition) is 5. The Morgan fingerprint density at radius 1 is 1.04 bits per heavy atom. The lowest BCUT2D eigenvalue weighted by atomic mass is 10.0. The van der Waals surface area contributed by atoms with Gasteiger partial charge in [0.25, 0.3) is 5.91 Å². The molecule has 1 N–H and O–H groups in total. The monoisotopic (exact) mass is 379 g/mol. The van der Waals surface area contributed by atoms with Gasteiger partial charge in [0.1, 0.15) is 5.75 Å². The van der Waals surface area contributed by atoms with Crippen molar-refractivity contribution in [1.82, 2.24) is 5.32 Å². The summed E-state index contributed by atoms with van der Waals surface area (Å²) in [5, 5.41) is 11.4. The van der Waals surface area contributed by atoms with Crippen molar-refractivity contribution in [2.45, 2.75) is 19.8 Å². The molecule has 1 fully saturated rings. The molecule has 1 heterocycles. The van der Waals surface area contributed by atoms with E-state index in [9.17, 15) is 4.79 Å². The van der Waals surface area contributed by atoms with E-state index in [2.05, 4.69) is 41.5 Å². The largest absolute Gasteiger partial charge is 0.497 e. The molecule has 0 saturated carbocycles. The maximum Gasteiger partial charge on any atom is 0.264 e. The number of nitrogens with zero attached hydrogens (tertiary/aromatic N) is 2. The molecule has 0 atom stereocenters. The Morgan fingerprint density at radius 3 is 2.33 bits per heavy atom. The number of ether oxygens (including phenoxy) is 1. The number of carbonyl (C=O) groups excluding carboxylic acids is 1. The van der Waals surface area contributed by atoms with Crippen molar-refractivity contribution in [2.75, 3.05) is 7.11 Å². The Morgan fingerprint density at radius 2 is 1.70 bits per heavy atom. The fourth-order valence-corrected chi connectivity index (χ4v) is 3.22. The van der Waals surface area contributed by atoms with Crippen LogP contribution in [0.1, 0.15) is 36.5 Å². The topological polar surface area (TPSA) is 63.1 Å². The van der Waals surface area contributed by atoms with Crippen molar-refractivity contribution in [1.29, 1.82) is 0 Å². The van der Waals surface area contributed by atoms with Crippen molar-refractivity contribution in [3.63, 3.8) is 0 Å². The molecule has 0 radical (unpaired) electrons. The molecule has 1 aliphatic rings. The minimum absolute atomic E-state index is 0.175. The van der Waals surface area contributed by atoms with Gasteiger partial charge in [-0.05, 0) is 52.6 Å². The molecule has 1 saturated heterocycles. The summed E-state index contributed by atoms with van der Waals surface area (Å²) >= 11 is 1.27. The molecule has 0 unspecified atom stereocenters. The Balaban J connectivity index is 1.66. The van der Waals surface area contributed by atoms with Gasteiger partial charge in [-0.2, -0.15) is 5.10 Å². The van der Waals surface area contributed by atoms with Gasteiger partial charge < -0.3 is 4.74 Å². The lowest BCUT2D eigenvalue weighted by Crippen LogP contribution is -2.19. The minimum atomic E-state index is -0.175. The molecule has 0 spiro atoms. The van der Waals surface area contributed by atoms with Crippen molar-refractivity contribution in [3.8, 4) is 5.75 Å². The van der Waals surface area contributed by atoms with Crippen LogP contribution >= 0.6 is 11.8 Å². The first-order chi connectivity index (χ1) is 13.0. The van der Waals surface area contributed by atoms with Crippen molar-refractivity contribution in [3.05, 3.63) is 70.1 Å². The normalized spacial score (nSPS) is 17.3. The van der Waals surface area contributed by atoms with Gasteiger partial charge in [-0.25, -0.2) is 0 Å². The lowest BCUT2D eigenvalue weighted by Gasteiger charge is -2.03. The van der Waals surface area contributed by atoms with E-state index in [-0.39, 0.29) is 5.91 Å². The predicted molar refractivity (Wildman–Crippen MR) is 112 cm³/mol. The number of rotatable bonds is 5. The van der Waals surface area contributed by atoms with Gasteiger partial charge in [0.05, 0.1) is 18.2 Å². The van der Waals surface area contributed by atoms with Crippen LogP contribution in [0.2, 0.25) is 0 Å². The number of thioether (sulfide) groups is 1. The number of hydrogen-bond donors (Lipinski definition) is 1. The minimum Gasteiger partial charge on any atom is -0.497 e. The third kappa shape index (κ3) is 5.08. The maximum absolute atomic E-state index is 12.1. The van der Waals surface area contributed by atoms with Gasteiger partial charge in [0, 0.05) is 0 Å². The number of amides is 1. The molecule has 2 aromatic carbocycles. The van der Waals surface area contributed by atoms with E-state index in [4.69, 9.17) is 4.74 Å². The maximum atomic E-state index is 12.1. The molecule has 27 heavy (non-hydrogen) atoms. The highest BCUT2D eigenvalue weighted by Gasteiger charge is 2.23. The molecule has 6 heteroatoms. The van der Waals surface area contributed by atoms with Crippen LogP contribution in [0.25, 0.3) is 6.08 Å². The van der Waals surface area contributed by atoms with Crippen LogP contribution in [0.4, 0.5) is 0 Å². The molecule has 1 amide bonds. The van der Waals surface area contributed by atoms with E-state index in [1.807, 2.05) is 42.5 Å². The number of nitrogens with one attached hydrogen (secondary N) is 1. The summed E-state index contributed by atoms with van der Waals surface area (Å²) in [7, 11) is 1.62. The predicted octanol–water partition coefficient (Wildman–Crippen LogP) is 4.41. The van der Waals surface area contributed by atoms with E-state index in [0.29, 0.717) is 16.0 Å². The smallest absolute Gasteiger partial charge is 0.264 e. The first kappa shape index (κ1) is 18.9. The van der Waals surface area contributed by atoms with Crippen LogP contribution in [0.3, 0.4) is 0 Å². The summed E-state index contributed by atoms with van der Waals surface area (Å²) < 4.78 is 5.14. The summed E-state index contributed by atoms with van der Waals surface area (Å²) in [6, 6.07) is 15.7. The van der Waals surface area contributed by atoms with E-state index in [1.54, 1.807) is 13.3 Å². The summed E-state index contributed by atoms with van der Waals surface area (Å²) in [5.41, 5.74) is 3.17. The van der Waals surface area contributed by atoms with Gasteiger partial charge >= 0.3 is 0 Å². The zero-order chi connectivity index (χ0) is 19.2. The van der Waals surface area contributed by atoms with E-state index < -0.39 is 0 Å². The summed E-state index contributed by atoms with van der Waals surface area (Å²) in [6.07, 6.45) is 3.49. The highest BCUT2D eigenvalue weighted by atomic mass is 32.2. The highest BCUT2D eigenvalue weighted by molar-refractivity contribution is 8.18. The Bertz CT molecular complexity index is 898. The van der Waals surface area contributed by atoms with Crippen LogP contribution in [0.15, 0.2) is 63.6 Å². The molecule has 138 valence electrons. The third-order valence-corrected chi connectivity index (χ3v) is 4.92. The summed E-state index contributed by atoms with van der Waals surface area (Å²) in [4.78, 5) is 12.7. The quantitative estimate of drug-likeness (QED) is 0.475. The van der Waals surface area contributed by atoms with Crippen molar-refractivity contribution < 1.29 is 9.53 Å². The second-order valence-electron chi connectivity index (χ2n) is 6.31. The lowest BCUT2D eigenvalue weighted by molar-refractivity contribution is -0.115. The third-order valence-electron chi connectivity index (χ3n) is 4.02. The first-order valence-electron chi connectivity index (χ1n) is 8.61. The molecule has 2 aromatic rings. The molecule has 3 rings (SSSR count). The van der Waals surface area contributed by atoms with E-state index in [0.717, 1.165) is 16.9 Å². The Hall–Kier alpha value is -2.86. The van der Waals surface area contributed by atoms with Gasteiger partial charge in [-0.15, -0.1) is 5.10 Å². The Labute approximate surface area is 163 Å². The number of methoxy groups -OCH3 is 1. The fraction of sp³-hybridized carbons (Fsp3) is 0.190. The molecule has 5 nitrogen and oxygen atoms in total. The number of amidine groups is 1. The average molecular weight is 379 g/mol. The zero-order valence-corrected chi connectivity index (χ0v) is 16.3. The van der Waals surface area contributed by atoms with Crippen LogP contribution in [-0.2, 0) is 4.79 Å². The molecule has 0 aromatic heterocycles. The summed E-state index contributed by atoms with van der Waals surface area (Å²) in [6.45, 7) is 4.32. The van der Waals surface area contributed by atoms with E-state index in [1.165, 1.54) is 17.3 Å². The van der Waals surface area contributed by atoms with Gasteiger partial charge in [0.15, 0.2) is 5.17 Å². The first-order valence-corrected chi connectivity index (χ1v) is 9.43. The van der Waals surface area contributed by atoms with Crippen molar-refractivity contribution >= 4 is 35.1 Å². The number of carbonyl (C=O) groups is 1. The molecular formula is C21H21N3O2S. The number of benzene rings is 2. The molecule has 1 aliphatic heterocycles. The van der Waals surface area contributed by atoms with Crippen molar-refractivity contribution in [2.24, 2.45) is 10.2 Å². The Kier molecular flexibility index (Phi) is 6.08. The summed E-state index contributed by atoms with van der Waals surface area (Å²) in [5.74, 6) is 1.10. The van der Waals surface area contributed by atoms with Gasteiger partial charge in [0.2, 0.25) is 0 Å². The van der Waals surface area contributed by atoms with Crippen LogP contribution in [0.5, 0.6) is 5.75 Å². The van der Waals surface area contributed by atoms with Crippen LogP contribution < -0.4 is 10.1 Å². The SMILES string of the molecule is COc1ccc(C=C2S/C(=N/N=Cc3ccc(C(C)C)cc3)NC2=O)cc1. The average Bonchev–Trinajstić information content (AvgIpc) is 3.02. The molecule has 0 bridgehead atoms. The van der Waals surface area contributed by atoms with Crippen LogP contribution in [0, 0.1) is 0 Å². The van der Waals surface area contributed by atoms with Crippen LogP contribution in [-0.4, -0.2) is 24.4 Å². The zero-order valence-electron chi connectivity index (χ0n) is 15.5. The molecule has 0 aliphatic carbocycles. The van der Waals surface area contributed by atoms with E-state index >= 15 is 0 Å². The van der Waals surface area contributed by atoms with Gasteiger partial charge in [-0.3, -0.25) is 10.1 Å². The fourth-order valence-electron chi connectivity index (χ4n) is 2.44. The standard InChI is InChI=1S/C21H21N3O2S/c1-14(2)17-8-4-16(5-9-17)13-22-24-21-23-20(25)19(27-21)12-15-6-10-18(26-3)11-7-15/h4-14H,1-3H3,(H,23,24,25). The highest BCUT2D eigenvalue weighted by Crippen LogP contribution is 2.26. The second-order valence-corrected chi connectivity index (χ2v) is 7.34. The van der Waals surface area contributed by atoms with Gasteiger partial charge in [-0.1, -0.05) is 50.2 Å². The second kappa shape index (κ2) is 8.68.